The highest BCUT2D eigenvalue weighted by atomic mass is 16.2. The predicted molar refractivity (Wildman–Crippen MR) is 76.3 cm³/mol. The zero-order valence-electron chi connectivity index (χ0n) is 12.8. The zero-order valence-corrected chi connectivity index (χ0v) is 12.8. The Morgan fingerprint density at radius 3 is 2.17 bits per heavy atom. The Bertz CT molecular complexity index is 346. The molecule has 1 amide bonds. The van der Waals surface area contributed by atoms with E-state index in [1.165, 1.54) is 0 Å². The highest BCUT2D eigenvalue weighted by molar-refractivity contribution is 6.13. The number of rotatable bonds is 2. The highest BCUT2D eigenvalue weighted by Crippen LogP contribution is 2.36. The van der Waals surface area contributed by atoms with E-state index in [0.29, 0.717) is 5.82 Å². The minimum atomic E-state index is -0.423. The number of amides is 1. The number of likely N-dealkylation sites (tertiary alicyclic amines) is 1. The number of hydrogen-bond acceptors (Lipinski definition) is 2. The van der Waals surface area contributed by atoms with Gasteiger partial charge in [0.1, 0.15) is 7.85 Å². The van der Waals surface area contributed by atoms with E-state index < -0.39 is 5.41 Å². The molecule has 0 aliphatic carbocycles. The minimum Gasteiger partial charge on any atom is -0.330 e. The van der Waals surface area contributed by atoms with E-state index in [2.05, 4.69) is 14.8 Å². The maximum absolute atomic E-state index is 12.5. The van der Waals surface area contributed by atoms with Gasteiger partial charge in [0, 0.05) is 17.4 Å². The average molecular weight is 251 g/mol. The molecule has 0 bridgehead atoms. The quantitative estimate of drug-likeness (QED) is 0.700. The zero-order chi connectivity index (χ0) is 14.2. The van der Waals surface area contributed by atoms with Crippen molar-refractivity contribution in [3.8, 4) is 0 Å². The molecule has 1 saturated heterocycles. The van der Waals surface area contributed by atoms with Crippen molar-refractivity contribution in [2.45, 2.75) is 65.9 Å². The van der Waals surface area contributed by atoms with Crippen LogP contribution in [0.15, 0.2) is 0 Å². The molecular formula is C14H26BNO2. The number of ketones is 1. The third-order valence-electron chi connectivity index (χ3n) is 3.97. The number of carbonyl (C=O) groups excluding carboxylic acids is 2. The summed E-state index contributed by atoms with van der Waals surface area (Å²) in [6.07, 6.45) is 0.806. The molecule has 18 heavy (non-hydrogen) atoms. The van der Waals surface area contributed by atoms with Crippen molar-refractivity contribution in [3.63, 3.8) is 0 Å². The summed E-state index contributed by atoms with van der Waals surface area (Å²) in [6, 6.07) is -0.0638. The fraction of sp³-hybridized carbons (Fsp3) is 0.857. The molecule has 1 heterocycles. The molecule has 0 aromatic carbocycles. The molecule has 3 nitrogen and oxygen atoms in total. The smallest absolute Gasteiger partial charge is 0.228 e. The van der Waals surface area contributed by atoms with Crippen molar-refractivity contribution < 1.29 is 9.59 Å². The van der Waals surface area contributed by atoms with Gasteiger partial charge in [0.15, 0.2) is 5.78 Å². The lowest BCUT2D eigenvalue weighted by Gasteiger charge is -2.34. The van der Waals surface area contributed by atoms with Crippen LogP contribution in [0.5, 0.6) is 0 Å². The van der Waals surface area contributed by atoms with Crippen LogP contribution >= 0.6 is 0 Å². The van der Waals surface area contributed by atoms with Gasteiger partial charge in [0.2, 0.25) is 5.91 Å². The lowest BCUT2D eigenvalue weighted by Crippen LogP contribution is -2.49. The summed E-state index contributed by atoms with van der Waals surface area (Å²) < 4.78 is 0. The van der Waals surface area contributed by atoms with E-state index in [1.54, 1.807) is 0 Å². The largest absolute Gasteiger partial charge is 0.330 e. The van der Waals surface area contributed by atoms with Crippen LogP contribution in [0.25, 0.3) is 0 Å². The Labute approximate surface area is 112 Å². The predicted octanol–water partition coefficient (Wildman–Crippen LogP) is 1.67. The van der Waals surface area contributed by atoms with Crippen LogP contribution in [0.3, 0.4) is 0 Å². The number of carbonyl (C=O) groups is 2. The lowest BCUT2D eigenvalue weighted by atomic mass is 9.80. The highest BCUT2D eigenvalue weighted by Gasteiger charge is 2.45. The summed E-state index contributed by atoms with van der Waals surface area (Å²) in [5.41, 5.74) is -0.423. The lowest BCUT2D eigenvalue weighted by molar-refractivity contribution is -0.146. The molecule has 0 saturated carbocycles. The molecule has 1 aliphatic rings. The summed E-state index contributed by atoms with van der Waals surface area (Å²) >= 11 is 0. The van der Waals surface area contributed by atoms with Crippen molar-refractivity contribution in [2.24, 2.45) is 11.3 Å². The van der Waals surface area contributed by atoms with Crippen molar-refractivity contribution in [3.05, 3.63) is 0 Å². The Morgan fingerprint density at radius 2 is 1.78 bits per heavy atom. The van der Waals surface area contributed by atoms with Crippen LogP contribution in [0.2, 0.25) is 5.82 Å². The molecule has 1 fully saturated rings. The van der Waals surface area contributed by atoms with Crippen LogP contribution in [0.4, 0.5) is 0 Å². The normalized spacial score (nSPS) is 28.8. The standard InChI is InChI=1S/C14H26BNO2/c1-8(2)12(17)11-7-10(15)9(3)16(11)13(18)14(4,5)6/h8-11H,7,15H2,1-6H3. The summed E-state index contributed by atoms with van der Waals surface area (Å²) in [7, 11) is 2.13. The molecule has 1 rings (SSSR count). The molecule has 1 aliphatic heterocycles. The molecule has 0 aromatic rings. The first kappa shape index (κ1) is 15.3. The topological polar surface area (TPSA) is 37.4 Å². The third kappa shape index (κ3) is 2.78. The maximum atomic E-state index is 12.5. The van der Waals surface area contributed by atoms with Gasteiger partial charge in [-0.3, -0.25) is 9.59 Å². The van der Waals surface area contributed by atoms with Gasteiger partial charge >= 0.3 is 0 Å². The van der Waals surface area contributed by atoms with Crippen LogP contribution in [0.1, 0.15) is 48.0 Å². The van der Waals surface area contributed by atoms with Crippen LogP contribution < -0.4 is 0 Å². The van der Waals surface area contributed by atoms with E-state index in [4.69, 9.17) is 0 Å². The Kier molecular flexibility index (Phi) is 4.29. The van der Waals surface area contributed by atoms with Gasteiger partial charge in [-0.15, -0.1) is 0 Å². The van der Waals surface area contributed by atoms with Gasteiger partial charge in [-0.25, -0.2) is 0 Å². The van der Waals surface area contributed by atoms with Gasteiger partial charge in [-0.2, -0.15) is 0 Å². The fourth-order valence-corrected chi connectivity index (χ4v) is 2.57. The molecule has 3 atom stereocenters. The second-order valence-electron chi connectivity index (χ2n) is 6.99. The molecule has 102 valence electrons. The summed E-state index contributed by atoms with van der Waals surface area (Å²) in [5.74, 6) is 0.675. The number of hydrogen-bond donors (Lipinski definition) is 0. The molecule has 0 aromatic heterocycles. The monoisotopic (exact) mass is 251 g/mol. The van der Waals surface area contributed by atoms with Gasteiger partial charge in [0.25, 0.3) is 0 Å². The van der Waals surface area contributed by atoms with E-state index in [0.717, 1.165) is 6.42 Å². The second kappa shape index (κ2) is 5.06. The summed E-state index contributed by atoms with van der Waals surface area (Å²) in [6.45, 7) is 11.6. The maximum Gasteiger partial charge on any atom is 0.228 e. The third-order valence-corrected chi connectivity index (χ3v) is 3.97. The summed E-state index contributed by atoms with van der Waals surface area (Å²) in [5, 5.41) is 0. The first-order chi connectivity index (χ1) is 8.07. The molecule has 0 radical (unpaired) electrons. The van der Waals surface area contributed by atoms with Crippen LogP contribution in [-0.4, -0.2) is 36.5 Å². The number of Topliss-reactive ketones (excluding diaryl/α,β-unsaturated/α-hetero) is 1. The Hall–Kier alpha value is -0.795. The number of nitrogens with zero attached hydrogens (tertiary/aromatic N) is 1. The fourth-order valence-electron chi connectivity index (χ4n) is 2.57. The van der Waals surface area contributed by atoms with E-state index in [9.17, 15) is 9.59 Å². The van der Waals surface area contributed by atoms with Crippen molar-refractivity contribution in [1.29, 1.82) is 0 Å². The average Bonchev–Trinajstić information content (AvgIpc) is 2.52. The van der Waals surface area contributed by atoms with Crippen molar-refractivity contribution in [1.82, 2.24) is 4.90 Å². The summed E-state index contributed by atoms with van der Waals surface area (Å²) in [4.78, 5) is 26.7. The van der Waals surface area contributed by atoms with E-state index in [1.807, 2.05) is 39.5 Å². The Balaban J connectivity index is 3.04. The van der Waals surface area contributed by atoms with Crippen LogP contribution in [0, 0.1) is 11.3 Å². The second-order valence-corrected chi connectivity index (χ2v) is 6.99. The first-order valence-electron chi connectivity index (χ1n) is 6.93. The molecule has 0 spiro atoms. The Morgan fingerprint density at radius 1 is 1.28 bits per heavy atom. The van der Waals surface area contributed by atoms with Gasteiger partial charge in [0.05, 0.1) is 6.04 Å². The van der Waals surface area contributed by atoms with Gasteiger partial charge in [-0.05, 0) is 19.2 Å². The molecule has 3 unspecified atom stereocenters. The van der Waals surface area contributed by atoms with Gasteiger partial charge in [-0.1, -0.05) is 34.6 Å². The SMILES string of the molecule is BC1CC(C(=O)C(C)C)N(C(=O)C(C)(C)C)C1C. The van der Waals surface area contributed by atoms with Crippen molar-refractivity contribution >= 4 is 19.5 Å². The molecule has 0 N–H and O–H groups in total. The van der Waals surface area contributed by atoms with Crippen molar-refractivity contribution in [2.75, 3.05) is 0 Å². The van der Waals surface area contributed by atoms with E-state index in [-0.39, 0.29) is 29.7 Å². The van der Waals surface area contributed by atoms with Crippen LogP contribution in [-0.2, 0) is 9.59 Å². The molecular weight excluding hydrogens is 225 g/mol. The van der Waals surface area contributed by atoms with E-state index >= 15 is 0 Å². The first-order valence-corrected chi connectivity index (χ1v) is 6.93. The van der Waals surface area contributed by atoms with Gasteiger partial charge < -0.3 is 4.90 Å². The molecule has 4 heteroatoms. The minimum absolute atomic E-state index is 0.0113.